The number of hydrogen-bond donors (Lipinski definition) is 1. The van der Waals surface area contributed by atoms with Crippen LogP contribution >= 0.6 is 11.3 Å². The molecule has 1 amide bonds. The molecule has 1 aromatic heterocycles. The molecule has 0 unspecified atom stereocenters. The van der Waals surface area contributed by atoms with Crippen molar-refractivity contribution in [2.45, 2.75) is 13.3 Å². The summed E-state index contributed by atoms with van der Waals surface area (Å²) in [6, 6.07) is 15.3. The maximum absolute atomic E-state index is 11.4. The van der Waals surface area contributed by atoms with Gasteiger partial charge in [-0.3, -0.25) is 4.79 Å². The molecular weight excluding hydrogens is 284 g/mol. The third-order valence-corrected chi connectivity index (χ3v) is 3.84. The summed E-state index contributed by atoms with van der Waals surface area (Å²) in [5, 5.41) is 3.40. The molecule has 5 heteroatoms. The molecule has 0 aliphatic carbocycles. The fraction of sp³-hybridized carbons (Fsp3) is 0.125. The number of ether oxygens (including phenoxy) is 1. The molecule has 0 radical (unpaired) electrons. The van der Waals surface area contributed by atoms with Crippen molar-refractivity contribution in [1.29, 1.82) is 0 Å². The van der Waals surface area contributed by atoms with Crippen LogP contribution in [0.25, 0.3) is 10.2 Å². The van der Waals surface area contributed by atoms with Crippen LogP contribution in [0.3, 0.4) is 0 Å². The van der Waals surface area contributed by atoms with Gasteiger partial charge in [0.05, 0.1) is 10.2 Å². The Morgan fingerprint density at radius 3 is 2.76 bits per heavy atom. The van der Waals surface area contributed by atoms with Crippen LogP contribution in [0.5, 0.6) is 11.5 Å². The molecule has 0 aliphatic heterocycles. The van der Waals surface area contributed by atoms with Gasteiger partial charge in [-0.15, -0.1) is 0 Å². The molecule has 106 valence electrons. The van der Waals surface area contributed by atoms with E-state index in [0.717, 1.165) is 21.7 Å². The van der Waals surface area contributed by atoms with Crippen LogP contribution in [0.4, 0.5) is 5.13 Å². The summed E-state index contributed by atoms with van der Waals surface area (Å²) in [6.07, 6.45) is 0.443. The van der Waals surface area contributed by atoms with Crippen molar-refractivity contribution in [3.05, 3.63) is 48.5 Å². The molecule has 0 saturated carbocycles. The number of carbonyl (C=O) groups is 1. The van der Waals surface area contributed by atoms with Gasteiger partial charge in [-0.2, -0.15) is 0 Å². The summed E-state index contributed by atoms with van der Waals surface area (Å²) < 4.78 is 6.77. The van der Waals surface area contributed by atoms with Crippen LogP contribution in [0, 0.1) is 0 Å². The zero-order valence-electron chi connectivity index (χ0n) is 11.5. The first-order valence-electron chi connectivity index (χ1n) is 6.68. The number of benzene rings is 2. The summed E-state index contributed by atoms with van der Waals surface area (Å²) in [5.74, 6) is 1.52. The number of nitrogens with one attached hydrogen (secondary N) is 1. The Morgan fingerprint density at radius 1 is 1.19 bits per heavy atom. The van der Waals surface area contributed by atoms with E-state index in [9.17, 15) is 4.79 Å². The molecular formula is C16H14N2O2S. The maximum Gasteiger partial charge on any atom is 0.225 e. The van der Waals surface area contributed by atoms with E-state index in [4.69, 9.17) is 4.74 Å². The Kier molecular flexibility index (Phi) is 3.83. The first kappa shape index (κ1) is 13.6. The zero-order chi connectivity index (χ0) is 14.7. The minimum Gasteiger partial charge on any atom is -0.457 e. The Hall–Kier alpha value is -2.40. The predicted octanol–water partition coefficient (Wildman–Crippen LogP) is 4.44. The second-order valence-electron chi connectivity index (χ2n) is 4.47. The highest BCUT2D eigenvalue weighted by atomic mass is 32.1. The van der Waals surface area contributed by atoms with Crippen molar-refractivity contribution in [3.63, 3.8) is 0 Å². The smallest absolute Gasteiger partial charge is 0.225 e. The number of amides is 1. The first-order valence-corrected chi connectivity index (χ1v) is 7.49. The van der Waals surface area contributed by atoms with E-state index < -0.39 is 0 Å². The second kappa shape index (κ2) is 5.93. The third kappa shape index (κ3) is 3.20. The maximum atomic E-state index is 11.4. The Labute approximate surface area is 126 Å². The Balaban J connectivity index is 1.84. The van der Waals surface area contributed by atoms with Gasteiger partial charge in [-0.25, -0.2) is 4.98 Å². The van der Waals surface area contributed by atoms with Crippen molar-refractivity contribution in [1.82, 2.24) is 4.98 Å². The van der Waals surface area contributed by atoms with Gasteiger partial charge < -0.3 is 10.1 Å². The molecule has 0 saturated heterocycles. The van der Waals surface area contributed by atoms with Gasteiger partial charge in [0.25, 0.3) is 0 Å². The highest BCUT2D eigenvalue weighted by Gasteiger charge is 2.07. The number of hydrogen-bond acceptors (Lipinski definition) is 4. The summed E-state index contributed by atoms with van der Waals surface area (Å²) >= 11 is 1.44. The number of anilines is 1. The topological polar surface area (TPSA) is 51.2 Å². The second-order valence-corrected chi connectivity index (χ2v) is 5.50. The summed E-state index contributed by atoms with van der Waals surface area (Å²) in [6.45, 7) is 1.81. The minimum absolute atomic E-state index is 0.0326. The number of carbonyl (C=O) groups excluding carboxylic acids is 1. The summed E-state index contributed by atoms with van der Waals surface area (Å²) in [7, 11) is 0. The SMILES string of the molecule is CCC(=O)Nc1nc2ccc(Oc3ccccc3)cc2s1. The van der Waals surface area contributed by atoms with E-state index in [2.05, 4.69) is 10.3 Å². The summed E-state index contributed by atoms with van der Waals surface area (Å²) in [5.41, 5.74) is 0.854. The number of nitrogens with zero attached hydrogens (tertiary/aromatic N) is 1. The number of para-hydroxylation sites is 1. The van der Waals surface area contributed by atoms with Gasteiger partial charge >= 0.3 is 0 Å². The number of thiazole rings is 1. The van der Waals surface area contributed by atoms with Gasteiger partial charge in [0.2, 0.25) is 5.91 Å². The summed E-state index contributed by atoms with van der Waals surface area (Å²) in [4.78, 5) is 15.8. The lowest BCUT2D eigenvalue weighted by Crippen LogP contribution is -2.08. The van der Waals surface area contributed by atoms with Crippen molar-refractivity contribution in [3.8, 4) is 11.5 Å². The van der Waals surface area contributed by atoms with Crippen LogP contribution in [0.1, 0.15) is 13.3 Å². The van der Waals surface area contributed by atoms with E-state index in [1.165, 1.54) is 11.3 Å². The van der Waals surface area contributed by atoms with Gasteiger partial charge in [-0.1, -0.05) is 36.5 Å². The molecule has 0 atom stereocenters. The van der Waals surface area contributed by atoms with Crippen LogP contribution < -0.4 is 10.1 Å². The van der Waals surface area contributed by atoms with E-state index in [-0.39, 0.29) is 5.91 Å². The average Bonchev–Trinajstić information content (AvgIpc) is 2.89. The molecule has 0 bridgehead atoms. The highest BCUT2D eigenvalue weighted by molar-refractivity contribution is 7.22. The van der Waals surface area contributed by atoms with Crippen molar-refractivity contribution in [2.24, 2.45) is 0 Å². The predicted molar refractivity (Wildman–Crippen MR) is 85.1 cm³/mol. The molecule has 2 aromatic carbocycles. The monoisotopic (exact) mass is 298 g/mol. The van der Waals surface area contributed by atoms with E-state index in [0.29, 0.717) is 11.6 Å². The van der Waals surface area contributed by atoms with Crippen molar-refractivity contribution < 1.29 is 9.53 Å². The van der Waals surface area contributed by atoms with E-state index in [1.807, 2.05) is 55.5 Å². The normalized spacial score (nSPS) is 10.5. The van der Waals surface area contributed by atoms with Crippen LogP contribution in [0.2, 0.25) is 0 Å². The first-order chi connectivity index (χ1) is 10.2. The van der Waals surface area contributed by atoms with E-state index >= 15 is 0 Å². The Bertz CT molecular complexity index is 768. The molecule has 0 fully saturated rings. The van der Waals surface area contributed by atoms with Gasteiger partial charge in [-0.05, 0) is 24.3 Å². The Morgan fingerprint density at radius 2 is 2.00 bits per heavy atom. The minimum atomic E-state index is -0.0326. The van der Waals surface area contributed by atoms with Gasteiger partial charge in [0.15, 0.2) is 5.13 Å². The fourth-order valence-corrected chi connectivity index (χ4v) is 2.76. The highest BCUT2D eigenvalue weighted by Crippen LogP contribution is 2.31. The molecule has 21 heavy (non-hydrogen) atoms. The zero-order valence-corrected chi connectivity index (χ0v) is 12.3. The van der Waals surface area contributed by atoms with Crippen LogP contribution in [-0.4, -0.2) is 10.9 Å². The number of rotatable bonds is 4. The lowest BCUT2D eigenvalue weighted by Gasteiger charge is -2.04. The molecule has 3 aromatic rings. The van der Waals surface area contributed by atoms with Crippen molar-refractivity contribution in [2.75, 3.05) is 5.32 Å². The van der Waals surface area contributed by atoms with Crippen LogP contribution in [-0.2, 0) is 4.79 Å². The third-order valence-electron chi connectivity index (χ3n) is 2.91. The quantitative estimate of drug-likeness (QED) is 0.775. The number of fused-ring (bicyclic) bond motifs is 1. The molecule has 1 heterocycles. The largest absolute Gasteiger partial charge is 0.457 e. The van der Waals surface area contributed by atoms with Crippen molar-refractivity contribution >= 4 is 32.6 Å². The number of aromatic nitrogens is 1. The lowest BCUT2D eigenvalue weighted by molar-refractivity contribution is -0.115. The molecule has 4 nitrogen and oxygen atoms in total. The van der Waals surface area contributed by atoms with Crippen LogP contribution in [0.15, 0.2) is 48.5 Å². The standard InChI is InChI=1S/C16H14N2O2S/c1-2-15(19)18-16-17-13-9-8-12(10-14(13)21-16)20-11-6-4-3-5-7-11/h3-10H,2H2,1H3,(H,17,18,19). The van der Waals surface area contributed by atoms with E-state index in [1.54, 1.807) is 0 Å². The molecule has 1 N–H and O–H groups in total. The molecule has 0 aliphatic rings. The average molecular weight is 298 g/mol. The fourth-order valence-electron chi connectivity index (χ4n) is 1.85. The molecule has 3 rings (SSSR count). The van der Waals surface area contributed by atoms with Gasteiger partial charge in [0.1, 0.15) is 11.5 Å². The lowest BCUT2D eigenvalue weighted by atomic mass is 10.3. The molecule has 0 spiro atoms. The van der Waals surface area contributed by atoms with Gasteiger partial charge in [0, 0.05) is 12.5 Å².